The van der Waals surface area contributed by atoms with Crippen molar-refractivity contribution in [2.75, 3.05) is 6.54 Å². The molecular weight excluding hydrogens is 312 g/mol. The molecule has 1 unspecified atom stereocenters. The van der Waals surface area contributed by atoms with E-state index in [4.69, 9.17) is 0 Å². The average Bonchev–Trinajstić information content (AvgIpc) is 2.43. The highest BCUT2D eigenvalue weighted by Crippen LogP contribution is 2.27. The number of aryl methyl sites for hydroxylation is 2. The van der Waals surface area contributed by atoms with Crippen LogP contribution >= 0.6 is 15.9 Å². The third-order valence-electron chi connectivity index (χ3n) is 3.40. The van der Waals surface area contributed by atoms with Gasteiger partial charge in [-0.2, -0.15) is 0 Å². The summed E-state index contributed by atoms with van der Waals surface area (Å²) in [5, 5.41) is 3.64. The number of nitrogens with zero attached hydrogens (tertiary/aromatic N) is 1. The van der Waals surface area contributed by atoms with Crippen LogP contribution in [-0.4, -0.2) is 11.5 Å². The maximum absolute atomic E-state index is 4.30. The molecule has 0 spiro atoms. The molecule has 106 valence electrons. The molecule has 0 saturated carbocycles. The number of hydrogen-bond acceptors (Lipinski definition) is 2. The van der Waals surface area contributed by atoms with Crippen molar-refractivity contribution in [3.05, 3.63) is 63.4 Å². The van der Waals surface area contributed by atoms with Crippen molar-refractivity contribution in [3.8, 4) is 0 Å². The SMILES string of the molecule is CCCNC(c1cncc(Br)c1)c1cc(C)ccc1C. The van der Waals surface area contributed by atoms with Crippen LogP contribution in [0.1, 0.15) is 41.6 Å². The molecule has 2 rings (SSSR count). The number of hydrogen-bond donors (Lipinski definition) is 1. The Morgan fingerprint density at radius 3 is 2.70 bits per heavy atom. The molecule has 1 atom stereocenters. The number of halogens is 1. The van der Waals surface area contributed by atoms with Gasteiger partial charge in [0.25, 0.3) is 0 Å². The monoisotopic (exact) mass is 332 g/mol. The van der Waals surface area contributed by atoms with Crippen molar-refractivity contribution < 1.29 is 0 Å². The highest BCUT2D eigenvalue weighted by molar-refractivity contribution is 9.10. The lowest BCUT2D eigenvalue weighted by Gasteiger charge is -2.22. The van der Waals surface area contributed by atoms with Crippen LogP contribution in [0.2, 0.25) is 0 Å². The van der Waals surface area contributed by atoms with Gasteiger partial charge in [-0.05, 0) is 65.5 Å². The molecule has 0 amide bonds. The second-order valence-corrected chi connectivity index (χ2v) is 6.10. The van der Waals surface area contributed by atoms with Crippen LogP contribution in [0.4, 0.5) is 0 Å². The summed E-state index contributed by atoms with van der Waals surface area (Å²) in [7, 11) is 0. The summed E-state index contributed by atoms with van der Waals surface area (Å²) < 4.78 is 1.02. The smallest absolute Gasteiger partial charge is 0.0595 e. The van der Waals surface area contributed by atoms with Gasteiger partial charge in [-0.25, -0.2) is 0 Å². The van der Waals surface area contributed by atoms with Gasteiger partial charge in [0, 0.05) is 16.9 Å². The highest BCUT2D eigenvalue weighted by atomic mass is 79.9. The molecule has 1 aromatic carbocycles. The van der Waals surface area contributed by atoms with E-state index in [1.807, 2.05) is 12.4 Å². The largest absolute Gasteiger partial charge is 0.306 e. The molecule has 0 aliphatic heterocycles. The van der Waals surface area contributed by atoms with Crippen LogP contribution in [0.15, 0.2) is 41.1 Å². The summed E-state index contributed by atoms with van der Waals surface area (Å²) >= 11 is 3.51. The third-order valence-corrected chi connectivity index (χ3v) is 3.84. The van der Waals surface area contributed by atoms with Crippen molar-refractivity contribution in [2.45, 2.75) is 33.2 Å². The molecule has 0 saturated heterocycles. The quantitative estimate of drug-likeness (QED) is 0.868. The van der Waals surface area contributed by atoms with Crippen molar-refractivity contribution in [2.24, 2.45) is 0 Å². The molecule has 0 aliphatic rings. The van der Waals surface area contributed by atoms with Gasteiger partial charge in [0.2, 0.25) is 0 Å². The van der Waals surface area contributed by atoms with E-state index in [0.29, 0.717) is 0 Å². The Hall–Kier alpha value is -1.19. The van der Waals surface area contributed by atoms with Crippen LogP contribution < -0.4 is 5.32 Å². The summed E-state index contributed by atoms with van der Waals surface area (Å²) in [6.07, 6.45) is 4.88. The first-order chi connectivity index (χ1) is 9.61. The predicted octanol–water partition coefficient (Wildman–Crippen LogP) is 4.55. The van der Waals surface area contributed by atoms with Gasteiger partial charge < -0.3 is 5.32 Å². The van der Waals surface area contributed by atoms with Crippen LogP contribution in [0.3, 0.4) is 0 Å². The fourth-order valence-corrected chi connectivity index (χ4v) is 2.74. The van der Waals surface area contributed by atoms with Gasteiger partial charge in [-0.15, -0.1) is 0 Å². The third kappa shape index (κ3) is 3.68. The van der Waals surface area contributed by atoms with Gasteiger partial charge in [-0.1, -0.05) is 30.7 Å². The highest BCUT2D eigenvalue weighted by Gasteiger charge is 2.16. The van der Waals surface area contributed by atoms with Crippen LogP contribution in [-0.2, 0) is 0 Å². The van der Waals surface area contributed by atoms with Crippen LogP contribution in [0.5, 0.6) is 0 Å². The predicted molar refractivity (Wildman–Crippen MR) is 88.0 cm³/mol. The second-order valence-electron chi connectivity index (χ2n) is 5.18. The minimum absolute atomic E-state index is 0.194. The minimum atomic E-state index is 0.194. The van der Waals surface area contributed by atoms with E-state index < -0.39 is 0 Å². The van der Waals surface area contributed by atoms with Crippen molar-refractivity contribution in [3.63, 3.8) is 0 Å². The molecule has 0 radical (unpaired) electrons. The van der Waals surface area contributed by atoms with Gasteiger partial charge >= 0.3 is 0 Å². The van der Waals surface area contributed by atoms with E-state index in [0.717, 1.165) is 17.4 Å². The Morgan fingerprint density at radius 2 is 2.00 bits per heavy atom. The van der Waals surface area contributed by atoms with Crippen molar-refractivity contribution in [1.82, 2.24) is 10.3 Å². The average molecular weight is 333 g/mol. The minimum Gasteiger partial charge on any atom is -0.306 e. The van der Waals surface area contributed by atoms with E-state index in [-0.39, 0.29) is 6.04 Å². The van der Waals surface area contributed by atoms with E-state index in [1.54, 1.807) is 0 Å². The molecule has 1 N–H and O–H groups in total. The molecule has 1 aromatic heterocycles. The molecule has 0 fully saturated rings. The Balaban J connectivity index is 2.44. The van der Waals surface area contributed by atoms with Gasteiger partial charge in [0.05, 0.1) is 6.04 Å². The maximum Gasteiger partial charge on any atom is 0.0595 e. The van der Waals surface area contributed by atoms with Crippen LogP contribution in [0.25, 0.3) is 0 Å². The first kappa shape index (κ1) is 15.2. The fourth-order valence-electron chi connectivity index (χ4n) is 2.35. The van der Waals surface area contributed by atoms with Gasteiger partial charge in [0.15, 0.2) is 0 Å². The van der Waals surface area contributed by atoms with E-state index in [9.17, 15) is 0 Å². The molecule has 0 bridgehead atoms. The fraction of sp³-hybridized carbons (Fsp3) is 0.353. The lowest BCUT2D eigenvalue weighted by molar-refractivity contribution is 0.594. The summed E-state index contributed by atoms with van der Waals surface area (Å²) in [5.74, 6) is 0. The second kappa shape index (κ2) is 7.00. The number of benzene rings is 1. The van der Waals surface area contributed by atoms with E-state index in [2.05, 4.69) is 71.3 Å². The zero-order valence-corrected chi connectivity index (χ0v) is 13.9. The summed E-state index contributed by atoms with van der Waals surface area (Å²) in [4.78, 5) is 4.30. The van der Waals surface area contributed by atoms with E-state index >= 15 is 0 Å². The molecule has 0 aliphatic carbocycles. The van der Waals surface area contributed by atoms with E-state index in [1.165, 1.54) is 22.3 Å². The van der Waals surface area contributed by atoms with Crippen LogP contribution in [0, 0.1) is 13.8 Å². The molecule has 2 nitrogen and oxygen atoms in total. The van der Waals surface area contributed by atoms with Gasteiger partial charge in [-0.3, -0.25) is 4.98 Å². The first-order valence-corrected chi connectivity index (χ1v) is 7.82. The lowest BCUT2D eigenvalue weighted by Crippen LogP contribution is -2.24. The number of rotatable bonds is 5. The Morgan fingerprint density at radius 1 is 1.20 bits per heavy atom. The summed E-state index contributed by atoms with van der Waals surface area (Å²) in [6, 6.07) is 8.96. The Labute approximate surface area is 129 Å². The first-order valence-electron chi connectivity index (χ1n) is 7.02. The topological polar surface area (TPSA) is 24.9 Å². The maximum atomic E-state index is 4.30. The normalized spacial score (nSPS) is 12.4. The molecule has 3 heteroatoms. The zero-order chi connectivity index (χ0) is 14.5. The van der Waals surface area contributed by atoms with Crippen molar-refractivity contribution >= 4 is 15.9 Å². The van der Waals surface area contributed by atoms with Crippen molar-refractivity contribution in [1.29, 1.82) is 0 Å². The number of pyridine rings is 1. The molecular formula is C17H21BrN2. The van der Waals surface area contributed by atoms with Gasteiger partial charge in [0.1, 0.15) is 0 Å². The Bertz CT molecular complexity index is 581. The molecule has 2 aromatic rings. The summed E-state index contributed by atoms with van der Waals surface area (Å²) in [6.45, 7) is 7.48. The molecule has 1 heterocycles. The standard InChI is InChI=1S/C17H21BrN2/c1-4-7-20-17(14-9-15(18)11-19-10-14)16-8-12(2)5-6-13(16)3/h5-6,8-11,17,20H,4,7H2,1-3H3. The Kier molecular flexibility index (Phi) is 5.32. The number of nitrogens with one attached hydrogen (secondary N) is 1. The number of aromatic nitrogens is 1. The zero-order valence-electron chi connectivity index (χ0n) is 12.3. The lowest BCUT2D eigenvalue weighted by atomic mass is 9.94. The molecule has 20 heavy (non-hydrogen) atoms. The summed E-state index contributed by atoms with van der Waals surface area (Å²) in [5.41, 5.74) is 5.13.